The van der Waals surface area contributed by atoms with Crippen LogP contribution in [0.5, 0.6) is 11.5 Å². The second-order valence-corrected chi connectivity index (χ2v) is 8.86. The number of amides is 1. The van der Waals surface area contributed by atoms with Gasteiger partial charge in [0.15, 0.2) is 0 Å². The second-order valence-electron chi connectivity index (χ2n) is 8.86. The third kappa shape index (κ3) is 6.53. The summed E-state index contributed by atoms with van der Waals surface area (Å²) in [6.07, 6.45) is 7.63. The number of ether oxygens (including phenoxy) is 1. The van der Waals surface area contributed by atoms with Crippen molar-refractivity contribution in [3.8, 4) is 11.5 Å². The summed E-state index contributed by atoms with van der Waals surface area (Å²) in [6.45, 7) is 6.62. The van der Waals surface area contributed by atoms with Gasteiger partial charge in [-0.15, -0.1) is 0 Å². The minimum atomic E-state index is -0.343. The molecule has 2 heterocycles. The minimum Gasteiger partial charge on any atom is -0.457 e. The van der Waals surface area contributed by atoms with Crippen LogP contribution < -0.4 is 10.1 Å². The average Bonchev–Trinajstić information content (AvgIpc) is 2.83. The van der Waals surface area contributed by atoms with Crippen LogP contribution in [0, 0.1) is 5.82 Å². The zero-order chi connectivity index (χ0) is 22.2. The van der Waals surface area contributed by atoms with Crippen LogP contribution in [0.1, 0.15) is 48.9 Å². The maximum atomic E-state index is 13.3. The summed E-state index contributed by atoms with van der Waals surface area (Å²) in [4.78, 5) is 17.6. The third-order valence-electron chi connectivity index (χ3n) is 6.55. The number of hydrogen-bond donors (Lipinski definition) is 1. The van der Waals surface area contributed by atoms with Crippen molar-refractivity contribution in [2.75, 3.05) is 39.3 Å². The summed E-state index contributed by atoms with van der Waals surface area (Å²) in [5, 5.41) is 3.01. The molecule has 2 fully saturated rings. The molecule has 5 nitrogen and oxygen atoms in total. The second kappa shape index (κ2) is 11.4. The van der Waals surface area contributed by atoms with E-state index in [-0.39, 0.29) is 11.7 Å². The minimum absolute atomic E-state index is 0.0777. The molecule has 0 spiro atoms. The lowest BCUT2D eigenvalue weighted by Crippen LogP contribution is -2.47. The number of nitrogens with zero attached hydrogens (tertiary/aromatic N) is 2. The van der Waals surface area contributed by atoms with E-state index >= 15 is 0 Å². The standard InChI is InChI=1S/C26H34FN3O2/c27-22-6-4-7-25(20-22)32-24-10-8-21(9-11-24)26(31)28-14-5-15-29-18-12-23(13-19-29)30-16-2-1-3-17-30/h4,6-11,20,23H,1-3,5,12-19H2,(H,28,31). The molecule has 0 aliphatic carbocycles. The molecule has 0 bridgehead atoms. The molecule has 2 aromatic rings. The largest absolute Gasteiger partial charge is 0.457 e. The number of halogens is 1. The Morgan fingerprint density at radius 1 is 0.969 bits per heavy atom. The number of hydrogen-bond acceptors (Lipinski definition) is 4. The molecule has 6 heteroatoms. The number of carbonyl (C=O) groups is 1. The Labute approximate surface area is 190 Å². The van der Waals surface area contributed by atoms with E-state index in [0.717, 1.165) is 19.0 Å². The van der Waals surface area contributed by atoms with Gasteiger partial charge in [0.05, 0.1) is 0 Å². The fraction of sp³-hybridized carbons (Fsp3) is 0.500. The molecule has 0 radical (unpaired) electrons. The molecule has 0 unspecified atom stereocenters. The van der Waals surface area contributed by atoms with Gasteiger partial charge in [-0.25, -0.2) is 4.39 Å². The van der Waals surface area contributed by atoms with Gasteiger partial charge in [0, 0.05) is 24.2 Å². The van der Waals surface area contributed by atoms with Gasteiger partial charge in [-0.3, -0.25) is 4.79 Å². The van der Waals surface area contributed by atoms with Crippen molar-refractivity contribution in [1.82, 2.24) is 15.1 Å². The number of nitrogens with one attached hydrogen (secondary N) is 1. The molecular weight excluding hydrogens is 405 g/mol. The Morgan fingerprint density at radius 3 is 2.44 bits per heavy atom. The normalized spacial score (nSPS) is 18.4. The third-order valence-corrected chi connectivity index (χ3v) is 6.55. The van der Waals surface area contributed by atoms with E-state index in [1.165, 1.54) is 70.4 Å². The highest BCUT2D eigenvalue weighted by Crippen LogP contribution is 2.23. The summed E-state index contributed by atoms with van der Waals surface area (Å²) in [6, 6.07) is 13.7. The van der Waals surface area contributed by atoms with E-state index in [1.807, 2.05) is 0 Å². The Bertz CT molecular complexity index is 860. The lowest BCUT2D eigenvalue weighted by molar-refractivity contribution is 0.0903. The van der Waals surface area contributed by atoms with Gasteiger partial charge in [-0.2, -0.15) is 0 Å². The zero-order valence-corrected chi connectivity index (χ0v) is 18.8. The topological polar surface area (TPSA) is 44.8 Å². The molecule has 2 aromatic carbocycles. The monoisotopic (exact) mass is 439 g/mol. The van der Waals surface area contributed by atoms with Crippen LogP contribution in [0.4, 0.5) is 4.39 Å². The Morgan fingerprint density at radius 2 is 1.72 bits per heavy atom. The van der Waals surface area contributed by atoms with Crippen molar-refractivity contribution in [2.24, 2.45) is 0 Å². The summed E-state index contributed by atoms with van der Waals surface area (Å²) < 4.78 is 18.9. The molecule has 2 saturated heterocycles. The summed E-state index contributed by atoms with van der Waals surface area (Å²) in [5.74, 6) is 0.582. The molecule has 0 aromatic heterocycles. The van der Waals surface area contributed by atoms with Crippen LogP contribution in [-0.4, -0.2) is 61.0 Å². The van der Waals surface area contributed by atoms with Gasteiger partial charge < -0.3 is 19.9 Å². The summed E-state index contributed by atoms with van der Waals surface area (Å²) in [7, 11) is 0. The van der Waals surface area contributed by atoms with Gasteiger partial charge in [-0.05, 0) is 101 Å². The highest BCUT2D eigenvalue weighted by molar-refractivity contribution is 5.94. The fourth-order valence-corrected chi connectivity index (χ4v) is 4.74. The van der Waals surface area contributed by atoms with E-state index in [4.69, 9.17) is 4.74 Å². The predicted octanol–water partition coefficient (Wildman–Crippen LogP) is 4.69. The summed E-state index contributed by atoms with van der Waals surface area (Å²) in [5.41, 5.74) is 0.596. The molecule has 1 N–H and O–H groups in total. The molecule has 4 rings (SSSR count). The molecule has 0 saturated carbocycles. The van der Waals surface area contributed by atoms with Crippen molar-refractivity contribution in [2.45, 2.75) is 44.6 Å². The molecule has 1 amide bonds. The van der Waals surface area contributed by atoms with Crippen LogP contribution >= 0.6 is 0 Å². The van der Waals surface area contributed by atoms with Gasteiger partial charge >= 0.3 is 0 Å². The predicted molar refractivity (Wildman–Crippen MR) is 125 cm³/mol. The van der Waals surface area contributed by atoms with Crippen LogP contribution in [0.3, 0.4) is 0 Å². The lowest BCUT2D eigenvalue weighted by Gasteiger charge is -2.40. The highest BCUT2D eigenvalue weighted by atomic mass is 19.1. The van der Waals surface area contributed by atoms with Gasteiger partial charge in [0.2, 0.25) is 0 Å². The van der Waals surface area contributed by atoms with Crippen molar-refractivity contribution in [3.05, 3.63) is 59.9 Å². The first kappa shape index (κ1) is 22.7. The van der Waals surface area contributed by atoms with Gasteiger partial charge in [0.1, 0.15) is 17.3 Å². The van der Waals surface area contributed by atoms with Gasteiger partial charge in [0.25, 0.3) is 5.91 Å². The maximum absolute atomic E-state index is 13.3. The molecular formula is C26H34FN3O2. The van der Waals surface area contributed by atoms with Crippen LogP contribution in [-0.2, 0) is 0 Å². The Hall–Kier alpha value is -2.44. The van der Waals surface area contributed by atoms with E-state index < -0.39 is 0 Å². The molecule has 32 heavy (non-hydrogen) atoms. The molecule has 2 aliphatic heterocycles. The van der Waals surface area contributed by atoms with E-state index in [2.05, 4.69) is 15.1 Å². The van der Waals surface area contributed by atoms with Crippen LogP contribution in [0.15, 0.2) is 48.5 Å². The first-order chi connectivity index (χ1) is 15.7. The number of piperidine rings is 2. The Kier molecular flexibility index (Phi) is 8.13. The van der Waals surface area contributed by atoms with Crippen molar-refractivity contribution in [3.63, 3.8) is 0 Å². The highest BCUT2D eigenvalue weighted by Gasteiger charge is 2.25. The van der Waals surface area contributed by atoms with Gasteiger partial charge in [-0.1, -0.05) is 12.5 Å². The number of carbonyl (C=O) groups excluding carboxylic acids is 1. The van der Waals surface area contributed by atoms with Crippen molar-refractivity contribution >= 4 is 5.91 Å². The zero-order valence-electron chi connectivity index (χ0n) is 18.8. The first-order valence-corrected chi connectivity index (χ1v) is 12.0. The lowest BCUT2D eigenvalue weighted by atomic mass is 10.00. The van der Waals surface area contributed by atoms with E-state index in [9.17, 15) is 9.18 Å². The number of rotatable bonds is 8. The molecule has 0 atom stereocenters. The number of likely N-dealkylation sites (tertiary alicyclic amines) is 2. The molecule has 2 aliphatic rings. The van der Waals surface area contributed by atoms with E-state index in [1.54, 1.807) is 36.4 Å². The van der Waals surface area contributed by atoms with E-state index in [0.29, 0.717) is 23.6 Å². The maximum Gasteiger partial charge on any atom is 0.251 e. The SMILES string of the molecule is O=C(NCCCN1CCC(N2CCCCC2)CC1)c1ccc(Oc2cccc(F)c2)cc1. The molecule has 172 valence electrons. The van der Waals surface area contributed by atoms with Crippen molar-refractivity contribution < 1.29 is 13.9 Å². The van der Waals surface area contributed by atoms with Crippen LogP contribution in [0.25, 0.3) is 0 Å². The smallest absolute Gasteiger partial charge is 0.251 e. The van der Waals surface area contributed by atoms with Crippen LogP contribution in [0.2, 0.25) is 0 Å². The fourth-order valence-electron chi connectivity index (χ4n) is 4.74. The number of benzene rings is 2. The first-order valence-electron chi connectivity index (χ1n) is 12.0. The average molecular weight is 440 g/mol. The Balaban J connectivity index is 1.13. The summed E-state index contributed by atoms with van der Waals surface area (Å²) >= 11 is 0. The quantitative estimate of drug-likeness (QED) is 0.606. The van der Waals surface area contributed by atoms with Crippen molar-refractivity contribution in [1.29, 1.82) is 0 Å².